The number of carbonyl (C=O) groups is 2. The van der Waals surface area contributed by atoms with Crippen LogP contribution in [-0.4, -0.2) is 53.4 Å². The highest BCUT2D eigenvalue weighted by molar-refractivity contribution is 6.18. The Balaban J connectivity index is 3.23. The van der Waals surface area contributed by atoms with Crippen LogP contribution in [-0.2, 0) is 9.53 Å². The summed E-state index contributed by atoms with van der Waals surface area (Å²) in [6, 6.07) is 0. The molecule has 1 rings (SSSR count). The van der Waals surface area contributed by atoms with Gasteiger partial charge in [-0.15, -0.1) is 11.6 Å². The fourth-order valence-electron chi connectivity index (χ4n) is 2.84. The number of carbonyl (C=O) groups excluding carboxylic acids is 2. The van der Waals surface area contributed by atoms with Crippen molar-refractivity contribution < 1.29 is 23.1 Å². The molecule has 5 nitrogen and oxygen atoms in total. The molecule has 1 heterocycles. The van der Waals surface area contributed by atoms with E-state index in [4.69, 9.17) is 16.3 Å². The van der Waals surface area contributed by atoms with Crippen LogP contribution >= 0.6 is 11.6 Å². The van der Waals surface area contributed by atoms with Crippen molar-refractivity contribution in [3.05, 3.63) is 0 Å². The standard InChI is InChI=1S/C15H25ClF2N2O3/c1-13(2,3)23-12(22)20-9-10(14(4,17)18)8-15(20,6-7-16)11(21)19-5/h10H,6-9H2,1-5H3,(H,19,21). The van der Waals surface area contributed by atoms with Crippen LogP contribution in [0.2, 0.25) is 0 Å². The maximum atomic E-state index is 13.8. The van der Waals surface area contributed by atoms with Gasteiger partial charge < -0.3 is 10.1 Å². The van der Waals surface area contributed by atoms with Gasteiger partial charge in [-0.2, -0.15) is 0 Å². The minimum atomic E-state index is -3.01. The molecular formula is C15H25ClF2N2O3. The Hall–Kier alpha value is -1.11. The lowest BCUT2D eigenvalue weighted by atomic mass is 9.86. The molecule has 134 valence electrons. The third-order valence-corrected chi connectivity index (χ3v) is 4.18. The van der Waals surface area contributed by atoms with Crippen molar-refractivity contribution in [1.82, 2.24) is 10.2 Å². The third-order valence-electron chi connectivity index (χ3n) is 3.99. The third kappa shape index (κ3) is 4.46. The Kier molecular flexibility index (Phi) is 5.88. The van der Waals surface area contributed by atoms with Gasteiger partial charge in [0, 0.05) is 25.4 Å². The van der Waals surface area contributed by atoms with Crippen molar-refractivity contribution in [2.24, 2.45) is 5.92 Å². The molecule has 1 saturated heterocycles. The van der Waals surface area contributed by atoms with Crippen LogP contribution in [0.5, 0.6) is 0 Å². The summed E-state index contributed by atoms with van der Waals surface area (Å²) in [4.78, 5) is 26.0. The van der Waals surface area contributed by atoms with Gasteiger partial charge in [0.25, 0.3) is 0 Å². The highest BCUT2D eigenvalue weighted by atomic mass is 35.5. The lowest BCUT2D eigenvalue weighted by Crippen LogP contribution is -2.57. The number of hydrogen-bond acceptors (Lipinski definition) is 3. The van der Waals surface area contributed by atoms with Gasteiger partial charge in [-0.25, -0.2) is 13.6 Å². The number of nitrogens with zero attached hydrogens (tertiary/aromatic N) is 1. The zero-order valence-corrected chi connectivity index (χ0v) is 15.0. The highest BCUT2D eigenvalue weighted by Gasteiger charge is 2.58. The van der Waals surface area contributed by atoms with Crippen molar-refractivity contribution in [2.45, 2.75) is 57.6 Å². The van der Waals surface area contributed by atoms with Gasteiger partial charge in [0.1, 0.15) is 11.1 Å². The molecule has 0 aliphatic carbocycles. The fourth-order valence-corrected chi connectivity index (χ4v) is 3.15. The van der Waals surface area contributed by atoms with Gasteiger partial charge >= 0.3 is 6.09 Å². The largest absolute Gasteiger partial charge is 0.444 e. The van der Waals surface area contributed by atoms with Crippen molar-refractivity contribution >= 4 is 23.6 Å². The first-order chi connectivity index (χ1) is 10.4. The van der Waals surface area contributed by atoms with Gasteiger partial charge in [-0.1, -0.05) is 0 Å². The Morgan fingerprint density at radius 1 is 1.35 bits per heavy atom. The molecule has 2 unspecified atom stereocenters. The minimum absolute atomic E-state index is 0.0642. The van der Waals surface area contributed by atoms with Crippen molar-refractivity contribution in [1.29, 1.82) is 0 Å². The quantitative estimate of drug-likeness (QED) is 0.789. The lowest BCUT2D eigenvalue weighted by Gasteiger charge is -2.37. The maximum absolute atomic E-state index is 13.8. The van der Waals surface area contributed by atoms with Crippen molar-refractivity contribution in [3.8, 4) is 0 Å². The first kappa shape index (κ1) is 19.9. The molecule has 23 heavy (non-hydrogen) atoms. The zero-order valence-electron chi connectivity index (χ0n) is 14.2. The number of rotatable bonds is 4. The number of halogens is 3. The molecule has 1 fully saturated rings. The number of likely N-dealkylation sites (tertiary alicyclic amines) is 1. The zero-order chi connectivity index (χ0) is 18.1. The van der Waals surface area contributed by atoms with Crippen molar-refractivity contribution in [3.63, 3.8) is 0 Å². The second kappa shape index (κ2) is 6.79. The van der Waals surface area contributed by atoms with E-state index in [2.05, 4.69) is 5.32 Å². The average Bonchev–Trinajstić information content (AvgIpc) is 2.77. The summed E-state index contributed by atoms with van der Waals surface area (Å²) in [6.45, 7) is 5.58. The van der Waals surface area contributed by atoms with Gasteiger partial charge in [-0.3, -0.25) is 9.69 Å². The number of nitrogens with one attached hydrogen (secondary N) is 1. The topological polar surface area (TPSA) is 58.6 Å². The van der Waals surface area contributed by atoms with E-state index in [1.165, 1.54) is 7.05 Å². The molecule has 1 N–H and O–H groups in total. The molecule has 0 aromatic heterocycles. The molecule has 0 bridgehead atoms. The number of amides is 2. The highest BCUT2D eigenvalue weighted by Crippen LogP contribution is 2.43. The van der Waals surface area contributed by atoms with Gasteiger partial charge in [0.05, 0.1) is 0 Å². The van der Waals surface area contributed by atoms with Crippen LogP contribution in [0, 0.1) is 5.92 Å². The summed E-state index contributed by atoms with van der Waals surface area (Å²) in [5.74, 6) is -4.58. The second-order valence-electron chi connectivity index (χ2n) is 7.00. The lowest BCUT2D eigenvalue weighted by molar-refractivity contribution is -0.131. The van der Waals surface area contributed by atoms with Crippen LogP contribution in [0.25, 0.3) is 0 Å². The first-order valence-corrected chi connectivity index (χ1v) is 8.07. The molecule has 2 atom stereocenters. The summed E-state index contributed by atoms with van der Waals surface area (Å²) in [5, 5.41) is 2.46. The molecule has 8 heteroatoms. The average molecular weight is 355 g/mol. The molecular weight excluding hydrogens is 330 g/mol. The van der Waals surface area contributed by atoms with E-state index in [1.54, 1.807) is 20.8 Å². The van der Waals surface area contributed by atoms with Gasteiger partial charge in [0.2, 0.25) is 11.8 Å². The first-order valence-electron chi connectivity index (χ1n) is 7.54. The predicted octanol–water partition coefficient (Wildman–Crippen LogP) is 3.01. The van der Waals surface area contributed by atoms with E-state index in [9.17, 15) is 18.4 Å². The molecule has 2 amide bonds. The number of alkyl halides is 3. The Labute approximate surface area is 140 Å². The van der Waals surface area contributed by atoms with Crippen LogP contribution in [0.3, 0.4) is 0 Å². The van der Waals surface area contributed by atoms with E-state index >= 15 is 0 Å². The van der Waals surface area contributed by atoms with Crippen molar-refractivity contribution in [2.75, 3.05) is 19.5 Å². The SMILES string of the molecule is CNC(=O)C1(CCCl)CC(C(C)(F)F)CN1C(=O)OC(C)(C)C. The molecule has 0 spiro atoms. The van der Waals surface area contributed by atoms with E-state index in [-0.39, 0.29) is 25.3 Å². The van der Waals surface area contributed by atoms with E-state index in [0.29, 0.717) is 0 Å². The molecule has 0 saturated carbocycles. The maximum Gasteiger partial charge on any atom is 0.411 e. The van der Waals surface area contributed by atoms with E-state index < -0.39 is 35.0 Å². The molecule has 1 aliphatic heterocycles. The Morgan fingerprint density at radius 2 is 1.91 bits per heavy atom. The summed E-state index contributed by atoms with van der Waals surface area (Å²) in [7, 11) is 1.41. The molecule has 1 aliphatic rings. The number of hydrogen-bond donors (Lipinski definition) is 1. The monoisotopic (exact) mass is 354 g/mol. The van der Waals surface area contributed by atoms with E-state index in [0.717, 1.165) is 11.8 Å². The molecule has 0 aromatic rings. The summed E-state index contributed by atoms with van der Waals surface area (Å²) in [5.41, 5.74) is -2.21. The van der Waals surface area contributed by atoms with Gasteiger partial charge in [0.15, 0.2) is 0 Å². The summed E-state index contributed by atoms with van der Waals surface area (Å²) >= 11 is 5.79. The Morgan fingerprint density at radius 3 is 2.30 bits per heavy atom. The van der Waals surface area contributed by atoms with Crippen LogP contribution in [0.1, 0.15) is 40.5 Å². The predicted molar refractivity (Wildman–Crippen MR) is 83.8 cm³/mol. The fraction of sp³-hybridized carbons (Fsp3) is 0.867. The summed E-state index contributed by atoms with van der Waals surface area (Å²) < 4.78 is 32.9. The Bertz CT molecular complexity index is 463. The smallest absolute Gasteiger partial charge is 0.411 e. The minimum Gasteiger partial charge on any atom is -0.444 e. The summed E-state index contributed by atoms with van der Waals surface area (Å²) in [6.07, 6.45) is -0.847. The second-order valence-corrected chi connectivity index (χ2v) is 7.38. The van der Waals surface area contributed by atoms with Crippen LogP contribution in [0.4, 0.5) is 13.6 Å². The van der Waals surface area contributed by atoms with E-state index in [1.807, 2.05) is 0 Å². The van der Waals surface area contributed by atoms with Crippen LogP contribution < -0.4 is 5.32 Å². The normalized spacial score (nSPS) is 25.4. The van der Waals surface area contributed by atoms with Crippen LogP contribution in [0.15, 0.2) is 0 Å². The molecule has 0 radical (unpaired) electrons. The molecule has 0 aromatic carbocycles. The number of likely N-dealkylation sites (N-methyl/N-ethyl adjacent to an activating group) is 1. The van der Waals surface area contributed by atoms with Gasteiger partial charge in [-0.05, 0) is 40.5 Å². The number of ether oxygens (including phenoxy) is 1.